The maximum absolute atomic E-state index is 12.6. The van der Waals surface area contributed by atoms with Crippen molar-refractivity contribution in [2.75, 3.05) is 65.8 Å². The van der Waals surface area contributed by atoms with Crippen molar-refractivity contribution in [3.8, 4) is 0 Å². The van der Waals surface area contributed by atoms with Gasteiger partial charge in [-0.1, -0.05) is 90.4 Å². The minimum atomic E-state index is -1.19. The SMILES string of the molecule is CCCCCCCCCCCCCCCCNC(=O)[C@H](CC(=O)O)NC(=O)CCC(=O)NCCCOCCOCCOCCCNC(=O)CN. The van der Waals surface area contributed by atoms with E-state index in [-0.39, 0.29) is 31.2 Å². The number of hydrogen-bond donors (Lipinski definition) is 6. The Morgan fingerprint density at radius 3 is 1.44 bits per heavy atom. The molecule has 0 heterocycles. The van der Waals surface area contributed by atoms with Gasteiger partial charge in [0.2, 0.25) is 23.6 Å². The van der Waals surface area contributed by atoms with Crippen LogP contribution < -0.4 is 27.0 Å². The van der Waals surface area contributed by atoms with Crippen LogP contribution in [0.15, 0.2) is 0 Å². The molecule has 50 heavy (non-hydrogen) atoms. The maximum atomic E-state index is 12.6. The fourth-order valence-corrected chi connectivity index (χ4v) is 5.04. The van der Waals surface area contributed by atoms with E-state index < -0.39 is 30.2 Å². The van der Waals surface area contributed by atoms with Gasteiger partial charge in [-0.25, -0.2) is 0 Å². The quantitative estimate of drug-likeness (QED) is 0.0517. The Balaban J connectivity index is 3.80. The monoisotopic (exact) mass is 716 g/mol. The van der Waals surface area contributed by atoms with Crippen LogP contribution in [-0.2, 0) is 38.2 Å². The fraction of sp³-hybridized carbons (Fsp3) is 0.861. The number of carboxylic acid groups (broad SMARTS) is 1. The first kappa shape index (κ1) is 47.2. The van der Waals surface area contributed by atoms with E-state index in [9.17, 15) is 29.1 Å². The van der Waals surface area contributed by atoms with Gasteiger partial charge in [-0.05, 0) is 19.3 Å². The second kappa shape index (κ2) is 36.0. The van der Waals surface area contributed by atoms with Crippen LogP contribution in [0.4, 0.5) is 0 Å². The lowest BCUT2D eigenvalue weighted by Gasteiger charge is -2.17. The van der Waals surface area contributed by atoms with Gasteiger partial charge in [0.1, 0.15) is 6.04 Å². The molecular formula is C36H69N5O9. The predicted octanol–water partition coefficient (Wildman–Crippen LogP) is 3.34. The van der Waals surface area contributed by atoms with Crippen LogP contribution in [0.25, 0.3) is 0 Å². The number of aliphatic carboxylic acids is 1. The molecule has 0 aromatic heterocycles. The second-order valence-electron chi connectivity index (χ2n) is 12.6. The summed E-state index contributed by atoms with van der Waals surface area (Å²) in [5.41, 5.74) is 5.20. The standard InChI is InChI=1S/C36H69N5O9/c1-2-3-4-5-6-7-8-9-10-11-12-13-14-15-20-40-36(47)31(29-35(45)46)41-33(43)19-18-32(42)38-21-16-23-48-25-27-50-28-26-49-24-17-22-39-34(44)30-37/h31H,2-30,37H2,1H3,(H,38,42)(H,39,44)(H,40,47)(H,41,43)(H,45,46)/t31-/m0/s1. The molecule has 0 fully saturated rings. The van der Waals surface area contributed by atoms with Crippen molar-refractivity contribution >= 4 is 29.6 Å². The summed E-state index contributed by atoms with van der Waals surface area (Å²) in [5, 5.41) is 19.8. The van der Waals surface area contributed by atoms with Crippen molar-refractivity contribution in [1.29, 1.82) is 0 Å². The minimum Gasteiger partial charge on any atom is -0.481 e. The molecule has 0 aliphatic carbocycles. The van der Waals surface area contributed by atoms with Crippen molar-refractivity contribution in [2.45, 2.75) is 135 Å². The van der Waals surface area contributed by atoms with E-state index in [1.54, 1.807) is 0 Å². The molecule has 0 aliphatic heterocycles. The van der Waals surface area contributed by atoms with Crippen molar-refractivity contribution in [3.05, 3.63) is 0 Å². The van der Waals surface area contributed by atoms with Gasteiger partial charge >= 0.3 is 5.97 Å². The van der Waals surface area contributed by atoms with Crippen LogP contribution >= 0.6 is 0 Å². The molecule has 0 bridgehead atoms. The van der Waals surface area contributed by atoms with Crippen LogP contribution in [0, 0.1) is 0 Å². The van der Waals surface area contributed by atoms with E-state index in [1.807, 2.05) is 0 Å². The van der Waals surface area contributed by atoms with E-state index in [2.05, 4.69) is 28.2 Å². The summed E-state index contributed by atoms with van der Waals surface area (Å²) in [5.74, 6) is -2.78. The van der Waals surface area contributed by atoms with Crippen molar-refractivity contribution in [2.24, 2.45) is 5.73 Å². The van der Waals surface area contributed by atoms with Crippen LogP contribution in [0.5, 0.6) is 0 Å². The molecule has 1 atom stereocenters. The molecule has 0 radical (unpaired) electrons. The molecule has 14 nitrogen and oxygen atoms in total. The highest BCUT2D eigenvalue weighted by Crippen LogP contribution is 2.13. The highest BCUT2D eigenvalue weighted by Gasteiger charge is 2.23. The molecule has 0 saturated heterocycles. The number of hydrogen-bond acceptors (Lipinski definition) is 9. The Morgan fingerprint density at radius 2 is 0.960 bits per heavy atom. The summed E-state index contributed by atoms with van der Waals surface area (Å²) in [6, 6.07) is -1.19. The third kappa shape index (κ3) is 33.7. The molecule has 0 aliphatic rings. The molecule has 0 saturated carbocycles. The molecule has 0 aromatic carbocycles. The van der Waals surface area contributed by atoms with Crippen molar-refractivity contribution < 1.29 is 43.3 Å². The van der Waals surface area contributed by atoms with Gasteiger partial charge in [-0.2, -0.15) is 0 Å². The van der Waals surface area contributed by atoms with Gasteiger partial charge in [-0.3, -0.25) is 24.0 Å². The van der Waals surface area contributed by atoms with Gasteiger partial charge in [0.05, 0.1) is 39.4 Å². The molecule has 4 amide bonds. The predicted molar refractivity (Wildman–Crippen MR) is 194 cm³/mol. The number of carbonyl (C=O) groups is 5. The van der Waals surface area contributed by atoms with Gasteiger partial charge in [0.15, 0.2) is 0 Å². The lowest BCUT2D eigenvalue weighted by atomic mass is 10.0. The average Bonchev–Trinajstić information content (AvgIpc) is 3.09. The van der Waals surface area contributed by atoms with Crippen LogP contribution in [0.2, 0.25) is 0 Å². The number of unbranched alkanes of at least 4 members (excludes halogenated alkanes) is 13. The van der Waals surface area contributed by atoms with Gasteiger partial charge in [0, 0.05) is 45.7 Å². The average molecular weight is 716 g/mol. The Kier molecular flexibility index (Phi) is 34.0. The van der Waals surface area contributed by atoms with E-state index in [0.717, 1.165) is 19.3 Å². The molecule has 0 spiro atoms. The van der Waals surface area contributed by atoms with Gasteiger partial charge < -0.3 is 46.3 Å². The minimum absolute atomic E-state index is 0.0203. The Morgan fingerprint density at radius 1 is 0.540 bits per heavy atom. The largest absolute Gasteiger partial charge is 0.481 e. The Labute approximate surface area is 300 Å². The number of carboxylic acids is 1. The Hall–Kier alpha value is -2.81. The molecule has 7 N–H and O–H groups in total. The van der Waals surface area contributed by atoms with E-state index >= 15 is 0 Å². The number of amides is 4. The van der Waals surface area contributed by atoms with E-state index in [1.165, 1.54) is 70.6 Å². The number of carbonyl (C=O) groups excluding carboxylic acids is 4. The smallest absolute Gasteiger partial charge is 0.305 e. The second-order valence-corrected chi connectivity index (χ2v) is 12.6. The zero-order valence-electron chi connectivity index (χ0n) is 30.9. The Bertz CT molecular complexity index is 879. The summed E-state index contributed by atoms with van der Waals surface area (Å²) < 4.78 is 16.3. The van der Waals surface area contributed by atoms with Crippen molar-refractivity contribution in [3.63, 3.8) is 0 Å². The molecule has 292 valence electrons. The van der Waals surface area contributed by atoms with Crippen LogP contribution in [0.3, 0.4) is 0 Å². The molecule has 0 rings (SSSR count). The number of rotatable bonds is 37. The van der Waals surface area contributed by atoms with E-state index in [4.69, 9.17) is 19.9 Å². The molecule has 0 aromatic rings. The zero-order valence-corrected chi connectivity index (χ0v) is 30.9. The fourth-order valence-electron chi connectivity index (χ4n) is 5.04. The third-order valence-corrected chi connectivity index (χ3v) is 7.94. The maximum Gasteiger partial charge on any atom is 0.305 e. The van der Waals surface area contributed by atoms with Gasteiger partial charge in [0.25, 0.3) is 0 Å². The number of nitrogens with one attached hydrogen (secondary N) is 4. The molecule has 14 heteroatoms. The lowest BCUT2D eigenvalue weighted by molar-refractivity contribution is -0.140. The highest BCUT2D eigenvalue weighted by atomic mass is 16.5. The van der Waals surface area contributed by atoms with Crippen molar-refractivity contribution in [1.82, 2.24) is 21.3 Å². The highest BCUT2D eigenvalue weighted by molar-refractivity contribution is 5.91. The summed E-state index contributed by atoms with van der Waals surface area (Å²) in [6.45, 7) is 6.20. The first-order chi connectivity index (χ1) is 24.3. The summed E-state index contributed by atoms with van der Waals surface area (Å²) in [6.07, 6.45) is 17.8. The molecular weight excluding hydrogens is 646 g/mol. The van der Waals surface area contributed by atoms with Gasteiger partial charge in [-0.15, -0.1) is 0 Å². The molecule has 0 unspecified atom stereocenters. The summed E-state index contributed by atoms with van der Waals surface area (Å²) in [7, 11) is 0. The lowest BCUT2D eigenvalue weighted by Crippen LogP contribution is -2.48. The first-order valence-corrected chi connectivity index (χ1v) is 19.1. The first-order valence-electron chi connectivity index (χ1n) is 19.1. The van der Waals surface area contributed by atoms with Crippen LogP contribution in [-0.4, -0.2) is 107 Å². The summed E-state index contributed by atoms with van der Waals surface area (Å²) in [4.78, 5) is 59.3. The summed E-state index contributed by atoms with van der Waals surface area (Å²) >= 11 is 0. The number of ether oxygens (including phenoxy) is 3. The van der Waals surface area contributed by atoms with E-state index in [0.29, 0.717) is 72.1 Å². The topological polar surface area (TPSA) is 207 Å². The number of nitrogens with two attached hydrogens (primary N) is 1. The third-order valence-electron chi connectivity index (χ3n) is 7.94. The normalized spacial score (nSPS) is 11.6. The zero-order chi connectivity index (χ0) is 36.9. The van der Waals surface area contributed by atoms with Crippen LogP contribution in [0.1, 0.15) is 129 Å².